The van der Waals surface area contributed by atoms with E-state index in [2.05, 4.69) is 22.3 Å². The maximum absolute atomic E-state index is 6.39. The van der Waals surface area contributed by atoms with Crippen molar-refractivity contribution >= 4 is 29.2 Å². The molecule has 0 aliphatic carbocycles. The van der Waals surface area contributed by atoms with E-state index in [0.717, 1.165) is 16.3 Å². The molecule has 0 saturated carbocycles. The number of hydrogen-bond donors (Lipinski definition) is 2. The Bertz CT molecular complexity index is 561. The van der Waals surface area contributed by atoms with E-state index in [1.165, 1.54) is 23.5 Å². The minimum Gasteiger partial charge on any atom is -0.382 e. The first-order valence-electron chi connectivity index (χ1n) is 5.92. The largest absolute Gasteiger partial charge is 0.382 e. The van der Waals surface area contributed by atoms with Gasteiger partial charge in [-0.1, -0.05) is 23.7 Å². The van der Waals surface area contributed by atoms with Gasteiger partial charge in [0, 0.05) is 22.4 Å². The van der Waals surface area contributed by atoms with Crippen molar-refractivity contribution in [1.29, 1.82) is 0 Å². The molecule has 0 radical (unpaired) electrons. The average molecular weight is 280 g/mol. The van der Waals surface area contributed by atoms with Gasteiger partial charge in [0.2, 0.25) is 0 Å². The molecular weight excluding hydrogens is 266 g/mol. The summed E-state index contributed by atoms with van der Waals surface area (Å²) in [5.41, 5.74) is 8.80. The molecule has 5 heteroatoms. The van der Waals surface area contributed by atoms with Gasteiger partial charge in [0.25, 0.3) is 0 Å². The number of hydrogen-bond acceptors (Lipinski definition) is 3. The molecule has 3 rings (SSSR count). The second-order valence-electron chi connectivity index (χ2n) is 4.50. The molecule has 18 heavy (non-hydrogen) atoms. The van der Waals surface area contributed by atoms with Crippen LogP contribution in [0.4, 0.5) is 5.82 Å². The molecule has 94 valence electrons. The number of nitrogens with zero attached hydrogens (tertiary/aromatic N) is 1. The lowest BCUT2D eigenvalue weighted by atomic mass is 9.97. The first kappa shape index (κ1) is 11.9. The highest BCUT2D eigenvalue weighted by atomic mass is 35.5. The van der Waals surface area contributed by atoms with E-state index in [0.29, 0.717) is 11.7 Å². The number of thioether (sulfide) groups is 1. The molecule has 1 unspecified atom stereocenters. The van der Waals surface area contributed by atoms with Crippen molar-refractivity contribution in [3.05, 3.63) is 34.9 Å². The van der Waals surface area contributed by atoms with Crippen LogP contribution in [0.15, 0.2) is 24.3 Å². The van der Waals surface area contributed by atoms with Gasteiger partial charge in [-0.25, -0.2) is 0 Å². The van der Waals surface area contributed by atoms with Gasteiger partial charge in [0.15, 0.2) is 0 Å². The number of benzene rings is 1. The Kier molecular flexibility index (Phi) is 3.22. The predicted octanol–water partition coefficient (Wildman–Crippen LogP) is 3.53. The monoisotopic (exact) mass is 279 g/mol. The van der Waals surface area contributed by atoms with Crippen LogP contribution in [0.25, 0.3) is 11.3 Å². The molecule has 2 aromatic rings. The summed E-state index contributed by atoms with van der Waals surface area (Å²) in [4.78, 5) is 0. The molecule has 1 aromatic heterocycles. The Balaban J connectivity index is 1.93. The van der Waals surface area contributed by atoms with Crippen molar-refractivity contribution in [2.24, 2.45) is 0 Å². The summed E-state index contributed by atoms with van der Waals surface area (Å²) in [6.45, 7) is 0. The topological polar surface area (TPSA) is 54.7 Å². The first-order valence-corrected chi connectivity index (χ1v) is 7.46. The quantitative estimate of drug-likeness (QED) is 0.884. The number of rotatable bonds is 2. The van der Waals surface area contributed by atoms with Crippen LogP contribution in [0, 0.1) is 0 Å². The van der Waals surface area contributed by atoms with E-state index in [1.54, 1.807) is 0 Å². The summed E-state index contributed by atoms with van der Waals surface area (Å²) in [6.07, 6.45) is 1.22. The number of anilines is 1. The number of nitrogens with two attached hydrogens (primary N) is 1. The molecule has 1 aliphatic rings. The SMILES string of the molecule is Nc1cc(-c2ccc(C3CCSC3)c(Cl)c2)[nH]n1. The van der Waals surface area contributed by atoms with Crippen LogP contribution >= 0.6 is 23.4 Å². The summed E-state index contributed by atoms with van der Waals surface area (Å²) in [7, 11) is 0. The minimum atomic E-state index is 0.498. The number of aromatic amines is 1. The van der Waals surface area contributed by atoms with E-state index in [-0.39, 0.29) is 0 Å². The van der Waals surface area contributed by atoms with Gasteiger partial charge in [0.1, 0.15) is 5.82 Å². The number of H-pyrrole nitrogens is 1. The van der Waals surface area contributed by atoms with Gasteiger partial charge < -0.3 is 5.73 Å². The van der Waals surface area contributed by atoms with E-state index < -0.39 is 0 Å². The van der Waals surface area contributed by atoms with Crippen molar-refractivity contribution in [2.45, 2.75) is 12.3 Å². The van der Waals surface area contributed by atoms with Gasteiger partial charge in [-0.2, -0.15) is 16.9 Å². The number of aromatic nitrogens is 2. The summed E-state index contributed by atoms with van der Waals surface area (Å²) in [5, 5.41) is 7.67. The van der Waals surface area contributed by atoms with E-state index in [4.69, 9.17) is 17.3 Å². The first-order chi connectivity index (χ1) is 8.74. The molecule has 1 aliphatic heterocycles. The number of nitrogens with one attached hydrogen (secondary N) is 1. The fourth-order valence-corrected chi connectivity index (χ4v) is 3.87. The third-order valence-electron chi connectivity index (χ3n) is 3.28. The van der Waals surface area contributed by atoms with E-state index >= 15 is 0 Å². The smallest absolute Gasteiger partial charge is 0.145 e. The molecule has 2 heterocycles. The highest BCUT2D eigenvalue weighted by molar-refractivity contribution is 7.99. The molecule has 1 saturated heterocycles. The zero-order valence-electron chi connectivity index (χ0n) is 9.82. The zero-order valence-corrected chi connectivity index (χ0v) is 11.4. The lowest BCUT2D eigenvalue weighted by Crippen LogP contribution is -1.97. The van der Waals surface area contributed by atoms with Gasteiger partial charge in [-0.05, 0) is 29.7 Å². The molecule has 3 nitrogen and oxygen atoms in total. The van der Waals surface area contributed by atoms with Crippen LogP contribution in [-0.2, 0) is 0 Å². The van der Waals surface area contributed by atoms with Crippen molar-refractivity contribution in [3.8, 4) is 11.3 Å². The van der Waals surface area contributed by atoms with Gasteiger partial charge in [-0.15, -0.1) is 0 Å². The fraction of sp³-hybridized carbons (Fsp3) is 0.308. The Hall–Kier alpha value is -1.13. The summed E-state index contributed by atoms with van der Waals surface area (Å²) in [6, 6.07) is 8.02. The predicted molar refractivity (Wildman–Crippen MR) is 78.1 cm³/mol. The molecule has 3 N–H and O–H groups in total. The standard InChI is InChI=1S/C13H14ClN3S/c14-11-5-8(12-6-13(15)17-16-12)1-2-10(11)9-3-4-18-7-9/h1-2,5-6,9H,3-4,7H2,(H3,15,16,17). The second kappa shape index (κ2) is 4.86. The molecule has 0 spiro atoms. The Morgan fingerprint density at radius 1 is 1.39 bits per heavy atom. The Morgan fingerprint density at radius 3 is 2.89 bits per heavy atom. The van der Waals surface area contributed by atoms with Gasteiger partial charge >= 0.3 is 0 Å². The summed E-state index contributed by atoms with van der Waals surface area (Å²) < 4.78 is 0. The second-order valence-corrected chi connectivity index (χ2v) is 6.06. The minimum absolute atomic E-state index is 0.498. The average Bonchev–Trinajstić information content (AvgIpc) is 2.99. The summed E-state index contributed by atoms with van der Waals surface area (Å²) in [5.74, 6) is 3.51. The molecule has 1 atom stereocenters. The van der Waals surface area contributed by atoms with Crippen LogP contribution in [0.3, 0.4) is 0 Å². The van der Waals surface area contributed by atoms with Crippen molar-refractivity contribution in [1.82, 2.24) is 10.2 Å². The lowest BCUT2D eigenvalue weighted by molar-refractivity contribution is 0.783. The number of halogens is 1. The van der Waals surface area contributed by atoms with Crippen molar-refractivity contribution in [3.63, 3.8) is 0 Å². The normalized spacial score (nSPS) is 19.3. The summed E-state index contributed by atoms with van der Waals surface area (Å²) >= 11 is 8.39. The lowest BCUT2D eigenvalue weighted by Gasteiger charge is -2.11. The van der Waals surface area contributed by atoms with Crippen molar-refractivity contribution < 1.29 is 0 Å². The van der Waals surface area contributed by atoms with Crippen LogP contribution in [0.2, 0.25) is 5.02 Å². The molecule has 0 amide bonds. The number of nitrogen functional groups attached to an aromatic ring is 1. The fourth-order valence-electron chi connectivity index (χ4n) is 2.29. The van der Waals surface area contributed by atoms with Crippen LogP contribution in [-0.4, -0.2) is 21.7 Å². The highest BCUT2D eigenvalue weighted by Crippen LogP contribution is 2.37. The van der Waals surface area contributed by atoms with Gasteiger partial charge in [0.05, 0.1) is 5.69 Å². The van der Waals surface area contributed by atoms with E-state index in [1.807, 2.05) is 23.9 Å². The molecule has 1 fully saturated rings. The van der Waals surface area contributed by atoms with Crippen molar-refractivity contribution in [2.75, 3.05) is 17.2 Å². The third kappa shape index (κ3) is 2.22. The van der Waals surface area contributed by atoms with Crippen LogP contribution in [0.1, 0.15) is 17.9 Å². The molecule has 0 bridgehead atoms. The van der Waals surface area contributed by atoms with E-state index in [9.17, 15) is 0 Å². The zero-order chi connectivity index (χ0) is 12.5. The maximum atomic E-state index is 6.39. The molecule has 1 aromatic carbocycles. The van der Waals surface area contributed by atoms with Crippen LogP contribution < -0.4 is 5.73 Å². The Labute approximate surface area is 115 Å². The highest BCUT2D eigenvalue weighted by Gasteiger charge is 2.20. The third-order valence-corrected chi connectivity index (χ3v) is 4.77. The molecular formula is C13H14ClN3S. The Morgan fingerprint density at radius 2 is 2.28 bits per heavy atom. The van der Waals surface area contributed by atoms with Gasteiger partial charge in [-0.3, -0.25) is 5.10 Å². The maximum Gasteiger partial charge on any atom is 0.145 e. The van der Waals surface area contributed by atoms with Crippen LogP contribution in [0.5, 0.6) is 0 Å².